The fourth-order valence-corrected chi connectivity index (χ4v) is 5.73. The van der Waals surface area contributed by atoms with Crippen molar-refractivity contribution in [1.82, 2.24) is 20.2 Å². The van der Waals surface area contributed by atoms with Gasteiger partial charge in [-0.1, -0.05) is 24.3 Å². The van der Waals surface area contributed by atoms with E-state index in [1.165, 1.54) is 11.3 Å². The topological polar surface area (TPSA) is 93.7 Å². The van der Waals surface area contributed by atoms with Crippen molar-refractivity contribution in [2.75, 3.05) is 27.3 Å². The Bertz CT molecular complexity index is 1460. The molecule has 1 N–H and O–H groups in total. The third-order valence-corrected chi connectivity index (χ3v) is 7.95. The van der Waals surface area contributed by atoms with Gasteiger partial charge < -0.3 is 19.7 Å². The molecule has 0 saturated carbocycles. The minimum atomic E-state index is -0.202. The summed E-state index contributed by atoms with van der Waals surface area (Å²) in [6, 6.07) is 16.8. The van der Waals surface area contributed by atoms with Crippen LogP contribution in [0.3, 0.4) is 0 Å². The van der Waals surface area contributed by atoms with E-state index >= 15 is 0 Å². The van der Waals surface area contributed by atoms with E-state index < -0.39 is 0 Å². The number of pyridine rings is 1. The predicted molar refractivity (Wildman–Crippen MR) is 147 cm³/mol. The minimum Gasteiger partial charge on any atom is -0.497 e. The fourth-order valence-electron chi connectivity index (χ4n) is 4.76. The van der Waals surface area contributed by atoms with Crippen LogP contribution in [0.1, 0.15) is 63.3 Å². The highest BCUT2D eigenvalue weighted by molar-refractivity contribution is 7.09. The summed E-state index contributed by atoms with van der Waals surface area (Å²) in [7, 11) is 3.22. The number of fused-ring (bicyclic) bond motifs is 1. The summed E-state index contributed by atoms with van der Waals surface area (Å²) >= 11 is 1.50. The van der Waals surface area contributed by atoms with E-state index in [0.717, 1.165) is 40.1 Å². The molecule has 0 spiro atoms. The van der Waals surface area contributed by atoms with Gasteiger partial charge in [0.1, 0.15) is 22.9 Å². The molecule has 196 valence electrons. The summed E-state index contributed by atoms with van der Waals surface area (Å²) in [5.74, 6) is 1.30. The van der Waals surface area contributed by atoms with E-state index in [2.05, 4.69) is 15.3 Å². The Morgan fingerprint density at radius 2 is 1.79 bits per heavy atom. The molecule has 1 aliphatic rings. The quantitative estimate of drug-likeness (QED) is 0.352. The maximum Gasteiger partial charge on any atom is 0.272 e. The van der Waals surface area contributed by atoms with Crippen LogP contribution in [0.5, 0.6) is 11.5 Å². The van der Waals surface area contributed by atoms with E-state index in [1.807, 2.05) is 65.7 Å². The molecule has 0 bridgehead atoms. The number of carbonyl (C=O) groups excluding carboxylic acids is 2. The van der Waals surface area contributed by atoms with Gasteiger partial charge in [0.15, 0.2) is 0 Å². The third-order valence-electron chi connectivity index (χ3n) is 6.94. The van der Waals surface area contributed by atoms with Crippen LogP contribution >= 0.6 is 11.3 Å². The monoisotopic (exact) mass is 530 g/mol. The van der Waals surface area contributed by atoms with Gasteiger partial charge in [-0.25, -0.2) is 9.97 Å². The number of likely N-dealkylation sites (tertiary alicyclic amines) is 1. The number of amides is 2. The number of para-hydroxylation sites is 1. The average molecular weight is 531 g/mol. The Hall–Kier alpha value is -3.98. The molecule has 2 aromatic heterocycles. The van der Waals surface area contributed by atoms with Crippen molar-refractivity contribution in [3.8, 4) is 11.5 Å². The molecule has 1 saturated heterocycles. The first kappa shape index (κ1) is 25.7. The zero-order valence-electron chi connectivity index (χ0n) is 21.6. The summed E-state index contributed by atoms with van der Waals surface area (Å²) in [5, 5.41) is 6.65. The van der Waals surface area contributed by atoms with E-state index in [9.17, 15) is 9.59 Å². The molecule has 9 heteroatoms. The number of nitrogens with one attached hydrogen (secondary N) is 1. The molecule has 1 atom stereocenters. The van der Waals surface area contributed by atoms with Crippen molar-refractivity contribution in [2.24, 2.45) is 0 Å². The van der Waals surface area contributed by atoms with Gasteiger partial charge in [0, 0.05) is 35.8 Å². The number of hydrogen-bond acceptors (Lipinski definition) is 7. The van der Waals surface area contributed by atoms with Gasteiger partial charge in [-0.2, -0.15) is 0 Å². The standard InChI is InChI=1S/C29H30N4O4S/c1-18(20-7-6-8-21(15-20)36-2)30-27(34)25-17-38-28(32-25)19-11-13-33(14-12-19)29(35)24-16-26(37-3)22-9-4-5-10-23(22)31-24/h4-10,15-19H,11-14H2,1-3H3,(H,30,34). The normalized spacial score (nSPS) is 14.8. The average Bonchev–Trinajstić information content (AvgIpc) is 3.47. The van der Waals surface area contributed by atoms with Gasteiger partial charge in [-0.05, 0) is 49.6 Å². The fraction of sp³-hybridized carbons (Fsp3) is 0.310. The molecule has 1 unspecified atom stereocenters. The van der Waals surface area contributed by atoms with Gasteiger partial charge >= 0.3 is 0 Å². The van der Waals surface area contributed by atoms with Crippen LogP contribution in [0.2, 0.25) is 0 Å². The Morgan fingerprint density at radius 3 is 2.55 bits per heavy atom. The van der Waals surface area contributed by atoms with Crippen LogP contribution in [-0.4, -0.2) is 54.0 Å². The maximum atomic E-state index is 13.2. The van der Waals surface area contributed by atoms with Gasteiger partial charge in [0.05, 0.1) is 30.8 Å². The van der Waals surface area contributed by atoms with Crippen molar-refractivity contribution in [3.63, 3.8) is 0 Å². The molecular formula is C29H30N4O4S. The Kier molecular flexibility index (Phi) is 7.55. The number of carbonyl (C=O) groups is 2. The SMILES string of the molecule is COc1cccc(C(C)NC(=O)c2csc(C3CCN(C(=O)c4cc(OC)c5ccccc5n4)CC3)n2)c1. The first-order valence-corrected chi connectivity index (χ1v) is 13.5. The summed E-state index contributed by atoms with van der Waals surface area (Å²) < 4.78 is 10.8. The lowest BCUT2D eigenvalue weighted by Gasteiger charge is -2.31. The van der Waals surface area contributed by atoms with Crippen molar-refractivity contribution in [3.05, 3.63) is 81.9 Å². The number of piperidine rings is 1. The number of aromatic nitrogens is 2. The molecule has 2 aromatic carbocycles. The first-order chi connectivity index (χ1) is 18.5. The highest BCUT2D eigenvalue weighted by atomic mass is 32.1. The number of benzene rings is 2. The second kappa shape index (κ2) is 11.2. The molecule has 0 aliphatic carbocycles. The summed E-state index contributed by atoms with van der Waals surface area (Å²) in [4.78, 5) is 37.2. The van der Waals surface area contributed by atoms with Crippen molar-refractivity contribution in [1.29, 1.82) is 0 Å². The highest BCUT2D eigenvalue weighted by Crippen LogP contribution is 2.32. The zero-order valence-corrected chi connectivity index (χ0v) is 22.5. The molecular weight excluding hydrogens is 500 g/mol. The lowest BCUT2D eigenvalue weighted by atomic mass is 9.97. The van der Waals surface area contributed by atoms with Gasteiger partial charge in [-0.3, -0.25) is 9.59 Å². The number of rotatable bonds is 7. The van der Waals surface area contributed by atoms with Gasteiger partial charge in [0.2, 0.25) is 0 Å². The smallest absolute Gasteiger partial charge is 0.272 e. The van der Waals surface area contributed by atoms with Crippen LogP contribution in [0.25, 0.3) is 10.9 Å². The lowest BCUT2D eigenvalue weighted by molar-refractivity contribution is 0.0707. The largest absolute Gasteiger partial charge is 0.497 e. The van der Waals surface area contributed by atoms with Crippen molar-refractivity contribution < 1.29 is 19.1 Å². The number of thiazole rings is 1. The molecule has 3 heterocycles. The van der Waals surface area contributed by atoms with E-state index in [0.29, 0.717) is 30.2 Å². The van der Waals surface area contributed by atoms with E-state index in [4.69, 9.17) is 9.47 Å². The Morgan fingerprint density at radius 1 is 1.00 bits per heavy atom. The summed E-state index contributed by atoms with van der Waals surface area (Å²) in [6.45, 7) is 3.15. The van der Waals surface area contributed by atoms with E-state index in [-0.39, 0.29) is 23.8 Å². The second-order valence-electron chi connectivity index (χ2n) is 9.34. The predicted octanol–water partition coefficient (Wildman–Crippen LogP) is 5.22. The summed E-state index contributed by atoms with van der Waals surface area (Å²) in [6.07, 6.45) is 1.57. The van der Waals surface area contributed by atoms with Crippen LogP contribution in [0, 0.1) is 0 Å². The zero-order chi connectivity index (χ0) is 26.6. The molecule has 38 heavy (non-hydrogen) atoms. The van der Waals surface area contributed by atoms with Gasteiger partial charge in [-0.15, -0.1) is 11.3 Å². The maximum absolute atomic E-state index is 13.2. The van der Waals surface area contributed by atoms with E-state index in [1.54, 1.807) is 20.3 Å². The molecule has 5 rings (SSSR count). The molecule has 8 nitrogen and oxygen atoms in total. The van der Waals surface area contributed by atoms with Crippen LogP contribution < -0.4 is 14.8 Å². The van der Waals surface area contributed by atoms with Crippen molar-refractivity contribution in [2.45, 2.75) is 31.7 Å². The lowest BCUT2D eigenvalue weighted by Crippen LogP contribution is -2.38. The Labute approximate surface area is 225 Å². The van der Waals surface area contributed by atoms with Crippen LogP contribution in [0.15, 0.2) is 60.0 Å². The molecule has 0 radical (unpaired) electrons. The highest BCUT2D eigenvalue weighted by Gasteiger charge is 2.28. The minimum absolute atomic E-state index is 0.0989. The van der Waals surface area contributed by atoms with Crippen LogP contribution in [0.4, 0.5) is 0 Å². The number of hydrogen-bond donors (Lipinski definition) is 1. The molecule has 1 fully saturated rings. The molecule has 1 aliphatic heterocycles. The number of methoxy groups -OCH3 is 2. The Balaban J connectivity index is 1.20. The first-order valence-electron chi connectivity index (χ1n) is 12.6. The van der Waals surface area contributed by atoms with Gasteiger partial charge in [0.25, 0.3) is 11.8 Å². The summed E-state index contributed by atoms with van der Waals surface area (Å²) in [5.41, 5.74) is 2.51. The number of ether oxygens (including phenoxy) is 2. The third kappa shape index (κ3) is 5.33. The molecule has 2 amide bonds. The molecule has 4 aromatic rings. The van der Waals surface area contributed by atoms with Crippen LogP contribution in [-0.2, 0) is 0 Å². The second-order valence-corrected chi connectivity index (χ2v) is 10.2. The number of nitrogens with zero attached hydrogens (tertiary/aromatic N) is 3. The van der Waals surface area contributed by atoms with Crippen molar-refractivity contribution >= 4 is 34.1 Å².